The Balaban J connectivity index is 1.43. The number of carbonyl (C=O) groups is 2. The standard InChI is InChI=1S/C27H36F2N8O2/c1-3-5-22(38)33-23(17-6-7-17)19-10-14-36-16-20(32-26(36)31-19)24(18-8-11-27(28,29)12-9-18)34-25(39)21-15-30-35-37(21)13-4-2/h10,14-18,23-24H,3-9,11-13H2,1-2H3,(H,33,38)(H,34,39)/t23-,24-/m0/s1. The number of aromatic nitrogens is 6. The molecular formula is C27H36F2N8O2. The number of aryl methyl sites for hydroxylation is 1. The Morgan fingerprint density at radius 3 is 2.41 bits per heavy atom. The number of halogens is 2. The third-order valence-corrected chi connectivity index (χ3v) is 7.70. The molecule has 3 aromatic heterocycles. The molecule has 2 atom stereocenters. The van der Waals surface area contributed by atoms with Crippen molar-refractivity contribution >= 4 is 17.6 Å². The monoisotopic (exact) mass is 542 g/mol. The van der Waals surface area contributed by atoms with E-state index in [0.29, 0.717) is 36.0 Å². The first-order chi connectivity index (χ1) is 18.8. The number of hydrogen-bond acceptors (Lipinski definition) is 6. The van der Waals surface area contributed by atoms with Crippen LogP contribution < -0.4 is 10.6 Å². The van der Waals surface area contributed by atoms with Crippen LogP contribution in [0.2, 0.25) is 0 Å². The van der Waals surface area contributed by atoms with Gasteiger partial charge in [-0.1, -0.05) is 19.1 Å². The minimum atomic E-state index is -2.69. The minimum absolute atomic E-state index is 0.00813. The predicted molar refractivity (Wildman–Crippen MR) is 139 cm³/mol. The van der Waals surface area contributed by atoms with E-state index >= 15 is 0 Å². The van der Waals surface area contributed by atoms with Crippen molar-refractivity contribution in [1.29, 1.82) is 0 Å². The zero-order valence-corrected chi connectivity index (χ0v) is 22.4. The fourth-order valence-electron chi connectivity index (χ4n) is 5.42. The molecule has 0 radical (unpaired) electrons. The fraction of sp³-hybridized carbons (Fsp3) is 0.630. The van der Waals surface area contributed by atoms with Crippen LogP contribution in [0.1, 0.15) is 106 Å². The van der Waals surface area contributed by atoms with Gasteiger partial charge in [-0.15, -0.1) is 5.10 Å². The normalized spacial score (nSPS) is 19.1. The van der Waals surface area contributed by atoms with Crippen LogP contribution in [0.4, 0.5) is 8.78 Å². The fourth-order valence-corrected chi connectivity index (χ4v) is 5.42. The first kappa shape index (κ1) is 27.1. The van der Waals surface area contributed by atoms with Crippen LogP contribution in [0.25, 0.3) is 5.78 Å². The number of amides is 2. The third kappa shape index (κ3) is 6.25. The molecule has 0 saturated heterocycles. The molecular weight excluding hydrogens is 506 g/mol. The maximum atomic E-state index is 14.0. The van der Waals surface area contributed by atoms with Gasteiger partial charge >= 0.3 is 0 Å². The highest BCUT2D eigenvalue weighted by Crippen LogP contribution is 2.42. The number of rotatable bonds is 11. The first-order valence-electron chi connectivity index (χ1n) is 14.0. The summed E-state index contributed by atoms with van der Waals surface area (Å²) in [5.41, 5.74) is 1.64. The highest BCUT2D eigenvalue weighted by atomic mass is 19.3. The molecule has 3 aromatic rings. The quantitative estimate of drug-likeness (QED) is 0.371. The predicted octanol–water partition coefficient (Wildman–Crippen LogP) is 4.39. The van der Waals surface area contributed by atoms with Gasteiger partial charge in [-0.05, 0) is 56.4 Å². The number of nitrogens with one attached hydrogen (secondary N) is 2. The molecule has 0 aromatic carbocycles. The second-order valence-corrected chi connectivity index (χ2v) is 10.8. The van der Waals surface area contributed by atoms with E-state index in [-0.39, 0.29) is 49.5 Å². The summed E-state index contributed by atoms with van der Waals surface area (Å²) in [5.74, 6) is -2.46. The summed E-state index contributed by atoms with van der Waals surface area (Å²) >= 11 is 0. The highest BCUT2D eigenvalue weighted by Gasteiger charge is 2.40. The van der Waals surface area contributed by atoms with Crippen LogP contribution in [-0.2, 0) is 11.3 Å². The number of hydrogen-bond donors (Lipinski definition) is 2. The Labute approximate surface area is 226 Å². The lowest BCUT2D eigenvalue weighted by atomic mass is 9.81. The van der Waals surface area contributed by atoms with E-state index in [0.717, 1.165) is 31.4 Å². The van der Waals surface area contributed by atoms with Crippen LogP contribution in [-0.4, -0.2) is 47.1 Å². The van der Waals surface area contributed by atoms with E-state index in [1.807, 2.05) is 26.1 Å². The van der Waals surface area contributed by atoms with Gasteiger partial charge in [0.05, 0.1) is 29.7 Å². The molecule has 3 heterocycles. The smallest absolute Gasteiger partial charge is 0.271 e. The van der Waals surface area contributed by atoms with E-state index in [1.54, 1.807) is 15.3 Å². The van der Waals surface area contributed by atoms with Crippen molar-refractivity contribution in [2.45, 2.75) is 96.2 Å². The Bertz CT molecular complexity index is 1310. The maximum Gasteiger partial charge on any atom is 0.271 e. The Morgan fingerprint density at radius 2 is 1.72 bits per heavy atom. The van der Waals surface area contributed by atoms with Crippen molar-refractivity contribution in [2.75, 3.05) is 0 Å². The molecule has 2 N–H and O–H groups in total. The molecule has 10 nitrogen and oxygen atoms in total. The van der Waals surface area contributed by atoms with Crippen molar-refractivity contribution in [3.63, 3.8) is 0 Å². The molecule has 2 fully saturated rings. The van der Waals surface area contributed by atoms with Gasteiger partial charge in [-0.2, -0.15) is 0 Å². The van der Waals surface area contributed by atoms with Crippen LogP contribution in [0.5, 0.6) is 0 Å². The Kier molecular flexibility index (Phi) is 7.90. The van der Waals surface area contributed by atoms with Crippen LogP contribution in [0.3, 0.4) is 0 Å². The van der Waals surface area contributed by atoms with Crippen molar-refractivity contribution in [1.82, 2.24) is 40.0 Å². The van der Waals surface area contributed by atoms with Crippen molar-refractivity contribution in [2.24, 2.45) is 11.8 Å². The molecule has 0 spiro atoms. The number of carbonyl (C=O) groups excluding carboxylic acids is 2. The zero-order chi connectivity index (χ0) is 27.6. The molecule has 39 heavy (non-hydrogen) atoms. The van der Waals surface area contributed by atoms with E-state index in [9.17, 15) is 18.4 Å². The van der Waals surface area contributed by atoms with Gasteiger partial charge in [0, 0.05) is 38.2 Å². The van der Waals surface area contributed by atoms with Gasteiger partial charge in [0.15, 0.2) is 0 Å². The molecule has 2 amide bonds. The maximum absolute atomic E-state index is 14.0. The van der Waals surface area contributed by atoms with Crippen molar-refractivity contribution in [3.05, 3.63) is 41.7 Å². The first-order valence-corrected chi connectivity index (χ1v) is 14.0. The van der Waals surface area contributed by atoms with E-state index in [1.165, 1.54) is 6.20 Å². The summed E-state index contributed by atoms with van der Waals surface area (Å²) in [4.78, 5) is 35.2. The average molecular weight is 543 g/mol. The molecule has 5 rings (SSSR count). The minimum Gasteiger partial charge on any atom is -0.347 e. The molecule has 0 bridgehead atoms. The molecule has 2 aliphatic carbocycles. The lowest BCUT2D eigenvalue weighted by Crippen LogP contribution is -2.38. The van der Waals surface area contributed by atoms with Gasteiger partial charge in [-0.3, -0.25) is 14.0 Å². The third-order valence-electron chi connectivity index (χ3n) is 7.70. The van der Waals surface area contributed by atoms with Crippen LogP contribution >= 0.6 is 0 Å². The number of fused-ring (bicyclic) bond motifs is 1. The molecule has 0 aliphatic heterocycles. The van der Waals surface area contributed by atoms with Gasteiger partial charge in [0.25, 0.3) is 5.91 Å². The number of nitrogens with zero attached hydrogens (tertiary/aromatic N) is 6. The zero-order valence-electron chi connectivity index (χ0n) is 22.4. The molecule has 2 saturated carbocycles. The summed E-state index contributed by atoms with van der Waals surface area (Å²) in [6.07, 6.45) is 9.24. The molecule has 210 valence electrons. The second kappa shape index (κ2) is 11.4. The van der Waals surface area contributed by atoms with Crippen LogP contribution in [0, 0.1) is 11.8 Å². The summed E-state index contributed by atoms with van der Waals surface area (Å²) in [6, 6.07) is 1.14. The van der Waals surface area contributed by atoms with Gasteiger partial charge in [0.1, 0.15) is 5.69 Å². The van der Waals surface area contributed by atoms with Crippen molar-refractivity contribution in [3.8, 4) is 0 Å². The molecule has 12 heteroatoms. The number of alkyl halides is 2. The summed E-state index contributed by atoms with van der Waals surface area (Å²) in [7, 11) is 0. The number of imidazole rings is 1. The topological polar surface area (TPSA) is 119 Å². The van der Waals surface area contributed by atoms with E-state index < -0.39 is 12.0 Å². The SMILES string of the molecule is CCCC(=O)N[C@H](c1ccn2cc([C@@H](NC(=O)c3cnnn3CCC)C3CCC(F)(F)CC3)nc2n1)C1CC1. The van der Waals surface area contributed by atoms with E-state index in [2.05, 4.69) is 20.9 Å². The lowest BCUT2D eigenvalue weighted by molar-refractivity contribution is -0.122. The largest absolute Gasteiger partial charge is 0.347 e. The van der Waals surface area contributed by atoms with E-state index in [4.69, 9.17) is 9.97 Å². The Hall–Kier alpha value is -3.44. The van der Waals surface area contributed by atoms with Gasteiger partial charge in [-0.25, -0.2) is 23.4 Å². The molecule has 2 aliphatic rings. The molecule has 0 unspecified atom stereocenters. The summed E-state index contributed by atoms with van der Waals surface area (Å²) in [6.45, 7) is 4.50. The average Bonchev–Trinajstić information content (AvgIpc) is 3.48. The van der Waals surface area contributed by atoms with Crippen LogP contribution in [0.15, 0.2) is 24.7 Å². The Morgan fingerprint density at radius 1 is 1.03 bits per heavy atom. The summed E-state index contributed by atoms with van der Waals surface area (Å²) < 4.78 is 31.3. The van der Waals surface area contributed by atoms with Crippen molar-refractivity contribution < 1.29 is 18.4 Å². The highest BCUT2D eigenvalue weighted by molar-refractivity contribution is 5.92. The lowest BCUT2D eigenvalue weighted by Gasteiger charge is -2.33. The van der Waals surface area contributed by atoms with Gasteiger partial charge < -0.3 is 10.6 Å². The summed E-state index contributed by atoms with van der Waals surface area (Å²) in [5, 5.41) is 14.1. The second-order valence-electron chi connectivity index (χ2n) is 10.8. The van der Waals surface area contributed by atoms with Gasteiger partial charge in [0.2, 0.25) is 17.6 Å².